The van der Waals surface area contributed by atoms with Crippen molar-refractivity contribution in [1.82, 2.24) is 0 Å². The SMILES string of the molecule is CC/C=C(\C)CC/C=C(\C)CC/C(C)=N/SCC. The van der Waals surface area contributed by atoms with Crippen molar-refractivity contribution in [2.24, 2.45) is 4.40 Å². The van der Waals surface area contributed by atoms with Gasteiger partial charge < -0.3 is 0 Å². The first kappa shape index (κ1) is 17.5. The molecule has 0 unspecified atom stereocenters. The Morgan fingerprint density at radius 3 is 2.22 bits per heavy atom. The maximum Gasteiger partial charge on any atom is 0.0234 e. The zero-order chi connectivity index (χ0) is 13.8. The van der Waals surface area contributed by atoms with Gasteiger partial charge in [-0.15, -0.1) is 0 Å². The van der Waals surface area contributed by atoms with E-state index in [2.05, 4.69) is 51.2 Å². The molecule has 0 saturated carbocycles. The molecule has 0 fully saturated rings. The molecule has 0 rings (SSSR count). The Kier molecular flexibility index (Phi) is 11.3. The summed E-state index contributed by atoms with van der Waals surface area (Å²) in [5.74, 6) is 1.06. The maximum absolute atomic E-state index is 4.44. The third-order valence-electron chi connectivity index (χ3n) is 2.81. The van der Waals surface area contributed by atoms with Crippen molar-refractivity contribution >= 4 is 17.7 Å². The number of allylic oxidation sites excluding steroid dienone is 4. The first-order valence-electron chi connectivity index (χ1n) is 7.06. The molecule has 0 aliphatic rings. The highest BCUT2D eigenvalue weighted by Crippen LogP contribution is 2.12. The second kappa shape index (κ2) is 11.6. The largest absolute Gasteiger partial charge is 0.226 e. The second-order valence-corrected chi connectivity index (χ2v) is 5.81. The monoisotopic (exact) mass is 267 g/mol. The van der Waals surface area contributed by atoms with E-state index in [4.69, 9.17) is 0 Å². The number of nitrogens with zero attached hydrogens (tertiary/aromatic N) is 1. The molecule has 0 saturated heterocycles. The number of rotatable bonds is 9. The molecule has 0 aromatic carbocycles. The zero-order valence-corrected chi connectivity index (χ0v) is 13.6. The van der Waals surface area contributed by atoms with Crippen LogP contribution in [0.25, 0.3) is 0 Å². The van der Waals surface area contributed by atoms with E-state index in [1.54, 1.807) is 11.9 Å². The summed E-state index contributed by atoms with van der Waals surface area (Å²) in [7, 11) is 0. The van der Waals surface area contributed by atoms with E-state index in [-0.39, 0.29) is 0 Å². The van der Waals surface area contributed by atoms with Crippen LogP contribution in [0.5, 0.6) is 0 Å². The van der Waals surface area contributed by atoms with E-state index in [1.807, 2.05) is 0 Å². The van der Waals surface area contributed by atoms with Gasteiger partial charge in [0.2, 0.25) is 0 Å². The van der Waals surface area contributed by atoms with Crippen molar-refractivity contribution < 1.29 is 0 Å². The zero-order valence-electron chi connectivity index (χ0n) is 12.8. The summed E-state index contributed by atoms with van der Waals surface area (Å²) in [6, 6.07) is 0. The molecule has 0 aliphatic carbocycles. The minimum Gasteiger partial charge on any atom is -0.226 e. The number of hydrogen-bond acceptors (Lipinski definition) is 2. The van der Waals surface area contributed by atoms with Crippen LogP contribution in [0.2, 0.25) is 0 Å². The predicted molar refractivity (Wildman–Crippen MR) is 87.5 cm³/mol. The molecule has 0 heterocycles. The average Bonchev–Trinajstić information content (AvgIpc) is 2.34. The van der Waals surface area contributed by atoms with Crippen molar-refractivity contribution in [3.05, 3.63) is 23.3 Å². The van der Waals surface area contributed by atoms with Gasteiger partial charge >= 0.3 is 0 Å². The fraction of sp³-hybridized carbons (Fsp3) is 0.688. The molecule has 0 spiro atoms. The summed E-state index contributed by atoms with van der Waals surface area (Å²) in [6.07, 6.45) is 10.5. The standard InChI is InChI=1S/C16H29NS/c1-6-9-14(3)10-8-11-15(4)12-13-16(5)17-18-7-2/h9,11H,6-8,10,12-13H2,1-5H3/b14-9+,15-11+,17-16+. The maximum atomic E-state index is 4.44. The van der Waals surface area contributed by atoms with E-state index in [1.165, 1.54) is 29.7 Å². The molecule has 0 atom stereocenters. The van der Waals surface area contributed by atoms with Crippen LogP contribution < -0.4 is 0 Å². The van der Waals surface area contributed by atoms with Crippen LogP contribution in [-0.4, -0.2) is 11.5 Å². The van der Waals surface area contributed by atoms with E-state index >= 15 is 0 Å². The van der Waals surface area contributed by atoms with Crippen molar-refractivity contribution in [3.63, 3.8) is 0 Å². The molecule has 18 heavy (non-hydrogen) atoms. The van der Waals surface area contributed by atoms with Crippen LogP contribution in [0, 0.1) is 0 Å². The van der Waals surface area contributed by atoms with Gasteiger partial charge in [-0.2, -0.15) is 0 Å². The summed E-state index contributed by atoms with van der Waals surface area (Å²) >= 11 is 1.66. The first-order chi connectivity index (χ1) is 8.60. The predicted octanol–water partition coefficient (Wildman–Crippen LogP) is 5.98. The highest BCUT2D eigenvalue weighted by molar-refractivity contribution is 7.98. The van der Waals surface area contributed by atoms with Gasteiger partial charge in [0.1, 0.15) is 0 Å². The van der Waals surface area contributed by atoms with E-state index in [9.17, 15) is 0 Å². The molecule has 0 bridgehead atoms. The summed E-state index contributed by atoms with van der Waals surface area (Å²) in [6.45, 7) is 10.9. The third-order valence-corrected chi connectivity index (χ3v) is 3.51. The van der Waals surface area contributed by atoms with Crippen LogP contribution in [0.15, 0.2) is 27.7 Å². The fourth-order valence-corrected chi connectivity index (χ4v) is 2.14. The Hall–Kier alpha value is -0.500. The minimum absolute atomic E-state index is 1.06. The molecule has 0 radical (unpaired) electrons. The third kappa shape index (κ3) is 10.6. The molecule has 0 amide bonds. The molecule has 104 valence electrons. The Bertz CT molecular complexity index is 300. The van der Waals surface area contributed by atoms with Gasteiger partial charge in [0, 0.05) is 11.5 Å². The van der Waals surface area contributed by atoms with Crippen molar-refractivity contribution in [3.8, 4) is 0 Å². The van der Waals surface area contributed by atoms with Gasteiger partial charge in [0.25, 0.3) is 0 Å². The van der Waals surface area contributed by atoms with Gasteiger partial charge in [0.05, 0.1) is 0 Å². The molecule has 2 heteroatoms. The highest BCUT2D eigenvalue weighted by Gasteiger charge is 1.95. The lowest BCUT2D eigenvalue weighted by molar-refractivity contribution is 0.925. The van der Waals surface area contributed by atoms with Crippen LogP contribution in [-0.2, 0) is 0 Å². The Labute approximate surface area is 118 Å². The lowest BCUT2D eigenvalue weighted by Crippen LogP contribution is -1.91. The smallest absolute Gasteiger partial charge is 0.0234 e. The Balaban J connectivity index is 3.88. The fourth-order valence-electron chi connectivity index (χ4n) is 1.70. The van der Waals surface area contributed by atoms with Gasteiger partial charge in [-0.1, -0.05) is 37.1 Å². The van der Waals surface area contributed by atoms with Gasteiger partial charge in [0.15, 0.2) is 0 Å². The molecule has 1 nitrogen and oxygen atoms in total. The second-order valence-electron chi connectivity index (χ2n) is 4.79. The van der Waals surface area contributed by atoms with E-state index in [0.717, 1.165) is 25.0 Å². The lowest BCUT2D eigenvalue weighted by Gasteiger charge is -2.02. The summed E-state index contributed by atoms with van der Waals surface area (Å²) in [5.41, 5.74) is 4.27. The average molecular weight is 267 g/mol. The van der Waals surface area contributed by atoms with Gasteiger partial charge in [-0.3, -0.25) is 0 Å². The van der Waals surface area contributed by atoms with Gasteiger partial charge in [-0.25, -0.2) is 4.40 Å². The highest BCUT2D eigenvalue weighted by atomic mass is 32.2. The lowest BCUT2D eigenvalue weighted by atomic mass is 10.1. The van der Waals surface area contributed by atoms with Crippen molar-refractivity contribution in [1.29, 1.82) is 0 Å². The van der Waals surface area contributed by atoms with Crippen LogP contribution in [0.1, 0.15) is 66.7 Å². The minimum atomic E-state index is 1.06. The van der Waals surface area contributed by atoms with Crippen LogP contribution >= 0.6 is 11.9 Å². The van der Waals surface area contributed by atoms with Crippen LogP contribution in [0.3, 0.4) is 0 Å². The molecule has 0 aromatic heterocycles. The Morgan fingerprint density at radius 2 is 1.61 bits per heavy atom. The van der Waals surface area contributed by atoms with Crippen molar-refractivity contribution in [2.45, 2.75) is 66.7 Å². The van der Waals surface area contributed by atoms with Crippen LogP contribution in [0.4, 0.5) is 0 Å². The topological polar surface area (TPSA) is 12.4 Å². The molecule has 0 aliphatic heterocycles. The number of hydrogen-bond donors (Lipinski definition) is 0. The molecular formula is C16H29NS. The Morgan fingerprint density at radius 1 is 0.944 bits per heavy atom. The van der Waals surface area contributed by atoms with Gasteiger partial charge in [-0.05, 0) is 64.8 Å². The van der Waals surface area contributed by atoms with E-state index < -0.39 is 0 Å². The molecule has 0 N–H and O–H groups in total. The quantitative estimate of drug-likeness (QED) is 0.284. The molecular weight excluding hydrogens is 238 g/mol. The van der Waals surface area contributed by atoms with E-state index in [0.29, 0.717) is 0 Å². The summed E-state index contributed by atoms with van der Waals surface area (Å²) in [5, 5.41) is 0. The summed E-state index contributed by atoms with van der Waals surface area (Å²) < 4.78 is 4.44. The normalized spacial score (nSPS) is 14.2. The first-order valence-corrected chi connectivity index (χ1v) is 8.01. The summed E-state index contributed by atoms with van der Waals surface area (Å²) in [4.78, 5) is 0. The van der Waals surface area contributed by atoms with Crippen molar-refractivity contribution in [2.75, 3.05) is 5.75 Å². The molecule has 0 aromatic rings.